The van der Waals surface area contributed by atoms with E-state index in [-0.39, 0.29) is 11.9 Å². The fraction of sp³-hybridized carbons (Fsp3) is 0.611. The minimum absolute atomic E-state index is 0.191. The highest BCUT2D eigenvalue weighted by atomic mass is 16.5. The largest absolute Gasteiger partial charge is 0.378 e. The van der Waals surface area contributed by atoms with Gasteiger partial charge in [-0.1, -0.05) is 25.5 Å². The lowest BCUT2D eigenvalue weighted by Gasteiger charge is -2.30. The number of carbonyl (C=O) groups is 1. The molecular formula is C18H26N2O2. The van der Waals surface area contributed by atoms with Crippen molar-refractivity contribution in [1.82, 2.24) is 5.32 Å². The number of unbranched alkanes of at least 4 members (excludes halogenated alkanes) is 1. The smallest absolute Gasteiger partial charge is 0.220 e. The van der Waals surface area contributed by atoms with E-state index in [0.29, 0.717) is 6.42 Å². The predicted molar refractivity (Wildman–Crippen MR) is 88.2 cm³/mol. The standard InChI is InChI=1S/C18H26N2O2/c1-2-3-7-18(21)19-16-9-8-15-14(16)5-4-6-17(15)20-10-12-22-13-11-20/h4-6,16H,2-3,7-13H2,1H3,(H,19,21). The first-order valence-corrected chi connectivity index (χ1v) is 8.53. The molecule has 1 aliphatic heterocycles. The van der Waals surface area contributed by atoms with Gasteiger partial charge in [-0.25, -0.2) is 0 Å². The Morgan fingerprint density at radius 2 is 2.18 bits per heavy atom. The Labute approximate surface area is 132 Å². The first-order chi connectivity index (χ1) is 10.8. The Morgan fingerprint density at radius 1 is 1.36 bits per heavy atom. The average molecular weight is 302 g/mol. The summed E-state index contributed by atoms with van der Waals surface area (Å²) < 4.78 is 5.45. The summed E-state index contributed by atoms with van der Waals surface area (Å²) in [5, 5.41) is 3.22. The van der Waals surface area contributed by atoms with E-state index >= 15 is 0 Å². The van der Waals surface area contributed by atoms with Crippen molar-refractivity contribution in [1.29, 1.82) is 0 Å². The highest BCUT2D eigenvalue weighted by molar-refractivity contribution is 5.77. The monoisotopic (exact) mass is 302 g/mol. The number of hydrogen-bond acceptors (Lipinski definition) is 3. The van der Waals surface area contributed by atoms with Crippen LogP contribution in [0.1, 0.15) is 49.8 Å². The van der Waals surface area contributed by atoms with E-state index in [0.717, 1.165) is 52.0 Å². The van der Waals surface area contributed by atoms with Gasteiger partial charge in [0.15, 0.2) is 0 Å². The molecule has 4 heteroatoms. The number of ether oxygens (including phenoxy) is 1. The van der Waals surface area contributed by atoms with Gasteiger partial charge in [0.25, 0.3) is 0 Å². The molecule has 1 aliphatic carbocycles. The van der Waals surface area contributed by atoms with Crippen LogP contribution in [-0.2, 0) is 16.0 Å². The van der Waals surface area contributed by atoms with Crippen LogP contribution in [0.4, 0.5) is 5.69 Å². The van der Waals surface area contributed by atoms with E-state index in [1.54, 1.807) is 0 Å². The van der Waals surface area contributed by atoms with Gasteiger partial charge in [-0.05, 0) is 36.5 Å². The van der Waals surface area contributed by atoms with E-state index < -0.39 is 0 Å². The zero-order chi connectivity index (χ0) is 15.4. The number of anilines is 1. The number of rotatable bonds is 5. The second-order valence-corrected chi connectivity index (χ2v) is 6.21. The fourth-order valence-corrected chi connectivity index (χ4v) is 3.49. The highest BCUT2D eigenvalue weighted by Crippen LogP contribution is 2.37. The molecule has 1 N–H and O–H groups in total. The Balaban J connectivity index is 1.72. The summed E-state index contributed by atoms with van der Waals surface area (Å²) in [4.78, 5) is 14.4. The van der Waals surface area contributed by atoms with Crippen LogP contribution in [0, 0.1) is 0 Å². The summed E-state index contributed by atoms with van der Waals surface area (Å²) in [5.41, 5.74) is 4.07. The highest BCUT2D eigenvalue weighted by Gasteiger charge is 2.27. The van der Waals surface area contributed by atoms with E-state index in [9.17, 15) is 4.79 Å². The van der Waals surface area contributed by atoms with Crippen LogP contribution in [0.15, 0.2) is 18.2 Å². The molecule has 1 saturated heterocycles. The molecule has 0 spiro atoms. The van der Waals surface area contributed by atoms with Crippen LogP contribution >= 0.6 is 0 Å². The zero-order valence-electron chi connectivity index (χ0n) is 13.4. The van der Waals surface area contributed by atoms with Gasteiger partial charge in [0, 0.05) is 25.2 Å². The van der Waals surface area contributed by atoms with Crippen molar-refractivity contribution in [2.45, 2.75) is 45.1 Å². The van der Waals surface area contributed by atoms with Crippen molar-refractivity contribution in [2.24, 2.45) is 0 Å². The maximum absolute atomic E-state index is 12.0. The zero-order valence-corrected chi connectivity index (χ0v) is 13.4. The van der Waals surface area contributed by atoms with Crippen molar-refractivity contribution < 1.29 is 9.53 Å². The molecule has 1 unspecified atom stereocenters. The molecule has 22 heavy (non-hydrogen) atoms. The van der Waals surface area contributed by atoms with Crippen LogP contribution in [0.5, 0.6) is 0 Å². The molecule has 1 atom stereocenters. The number of nitrogens with one attached hydrogen (secondary N) is 1. The van der Waals surface area contributed by atoms with E-state index in [4.69, 9.17) is 4.74 Å². The van der Waals surface area contributed by atoms with Crippen LogP contribution in [-0.4, -0.2) is 32.2 Å². The van der Waals surface area contributed by atoms with Crippen molar-refractivity contribution >= 4 is 11.6 Å². The van der Waals surface area contributed by atoms with Crippen molar-refractivity contribution in [3.8, 4) is 0 Å². The number of nitrogens with zero attached hydrogens (tertiary/aromatic N) is 1. The van der Waals surface area contributed by atoms with Crippen LogP contribution in [0.2, 0.25) is 0 Å². The van der Waals surface area contributed by atoms with Crippen LogP contribution in [0.3, 0.4) is 0 Å². The molecule has 1 fully saturated rings. The van der Waals surface area contributed by atoms with E-state index in [1.807, 2.05) is 0 Å². The second kappa shape index (κ2) is 7.14. The lowest BCUT2D eigenvalue weighted by Crippen LogP contribution is -2.36. The topological polar surface area (TPSA) is 41.6 Å². The molecule has 0 aromatic heterocycles. The van der Waals surface area contributed by atoms with Crippen molar-refractivity contribution in [3.63, 3.8) is 0 Å². The summed E-state index contributed by atoms with van der Waals surface area (Å²) in [6.07, 6.45) is 4.76. The fourth-order valence-electron chi connectivity index (χ4n) is 3.49. The van der Waals surface area contributed by atoms with E-state index in [1.165, 1.54) is 16.8 Å². The molecule has 3 rings (SSSR count). The summed E-state index contributed by atoms with van der Waals surface area (Å²) in [6.45, 7) is 5.66. The number of fused-ring (bicyclic) bond motifs is 1. The molecule has 1 heterocycles. The Morgan fingerprint density at radius 3 is 2.95 bits per heavy atom. The second-order valence-electron chi connectivity index (χ2n) is 6.21. The average Bonchev–Trinajstić information content (AvgIpc) is 2.97. The molecule has 2 aliphatic rings. The lowest BCUT2D eigenvalue weighted by molar-refractivity contribution is -0.121. The number of morpholine rings is 1. The van der Waals surface area contributed by atoms with Crippen LogP contribution < -0.4 is 10.2 Å². The third kappa shape index (κ3) is 3.27. The van der Waals surface area contributed by atoms with Gasteiger partial charge in [-0.3, -0.25) is 4.79 Å². The summed E-state index contributed by atoms with van der Waals surface area (Å²) in [5.74, 6) is 0.191. The number of amides is 1. The van der Waals surface area contributed by atoms with Gasteiger partial charge in [0.2, 0.25) is 5.91 Å². The molecule has 1 amide bonds. The third-order valence-electron chi connectivity index (χ3n) is 4.69. The summed E-state index contributed by atoms with van der Waals surface area (Å²) in [6, 6.07) is 6.71. The SMILES string of the molecule is CCCCC(=O)NC1CCc2c1cccc2N1CCOCC1. The maximum Gasteiger partial charge on any atom is 0.220 e. The molecule has 0 bridgehead atoms. The first kappa shape index (κ1) is 15.3. The number of hydrogen-bond donors (Lipinski definition) is 1. The molecule has 0 radical (unpaired) electrons. The minimum atomic E-state index is 0.191. The van der Waals surface area contributed by atoms with Gasteiger partial charge < -0.3 is 15.0 Å². The Bertz CT molecular complexity index is 524. The Hall–Kier alpha value is -1.55. The quantitative estimate of drug-likeness (QED) is 0.909. The maximum atomic E-state index is 12.0. The molecule has 120 valence electrons. The molecule has 0 saturated carbocycles. The predicted octanol–water partition coefficient (Wildman–Crippen LogP) is 2.82. The van der Waals surface area contributed by atoms with Crippen LogP contribution in [0.25, 0.3) is 0 Å². The van der Waals surface area contributed by atoms with Gasteiger partial charge >= 0.3 is 0 Å². The van der Waals surface area contributed by atoms with Gasteiger partial charge in [0.05, 0.1) is 19.3 Å². The minimum Gasteiger partial charge on any atom is -0.378 e. The Kier molecular flexibility index (Phi) is 4.98. The third-order valence-corrected chi connectivity index (χ3v) is 4.69. The first-order valence-electron chi connectivity index (χ1n) is 8.53. The van der Waals surface area contributed by atoms with Gasteiger partial charge in [-0.2, -0.15) is 0 Å². The van der Waals surface area contributed by atoms with Crippen molar-refractivity contribution in [3.05, 3.63) is 29.3 Å². The van der Waals surface area contributed by atoms with Gasteiger partial charge in [-0.15, -0.1) is 0 Å². The summed E-state index contributed by atoms with van der Waals surface area (Å²) >= 11 is 0. The molecule has 1 aromatic rings. The van der Waals surface area contributed by atoms with E-state index in [2.05, 4.69) is 35.3 Å². The lowest BCUT2D eigenvalue weighted by atomic mass is 10.0. The molecule has 4 nitrogen and oxygen atoms in total. The van der Waals surface area contributed by atoms with Gasteiger partial charge in [0.1, 0.15) is 0 Å². The number of carbonyl (C=O) groups excluding carboxylic acids is 1. The van der Waals surface area contributed by atoms with Crippen molar-refractivity contribution in [2.75, 3.05) is 31.2 Å². The molecule has 1 aromatic carbocycles. The normalized spacial score (nSPS) is 20.8. The summed E-state index contributed by atoms with van der Waals surface area (Å²) in [7, 11) is 0. The molecular weight excluding hydrogens is 276 g/mol. The number of benzene rings is 1.